The Hall–Kier alpha value is -2.09. The number of likely N-dealkylation sites (tertiary alicyclic amines) is 1. The molecule has 0 saturated carbocycles. The van der Waals surface area contributed by atoms with Crippen LogP contribution in [0.2, 0.25) is 5.02 Å². The fourth-order valence-corrected chi connectivity index (χ4v) is 3.02. The quantitative estimate of drug-likeness (QED) is 0.823. The summed E-state index contributed by atoms with van der Waals surface area (Å²) in [6.07, 6.45) is -2.18. The number of hydrogen-bond donors (Lipinski definition) is 2. The van der Waals surface area contributed by atoms with Crippen LogP contribution in [0.15, 0.2) is 18.2 Å². The molecule has 2 atom stereocenters. The number of nitrogens with one attached hydrogen (secondary N) is 1. The minimum absolute atomic E-state index is 0.0366. The number of halogens is 3. The third kappa shape index (κ3) is 5.19. The molecule has 6 nitrogen and oxygen atoms in total. The van der Waals surface area contributed by atoms with Gasteiger partial charge in [0.25, 0.3) is 6.43 Å². The van der Waals surface area contributed by atoms with Crippen LogP contribution in [0.5, 0.6) is 5.75 Å². The molecule has 2 unspecified atom stereocenters. The van der Waals surface area contributed by atoms with Gasteiger partial charge < -0.3 is 20.1 Å². The number of hydrogen-bond acceptors (Lipinski definition) is 3. The van der Waals surface area contributed by atoms with Crippen molar-refractivity contribution >= 4 is 29.3 Å². The zero-order valence-electron chi connectivity index (χ0n) is 13.5. The van der Waals surface area contributed by atoms with E-state index in [1.165, 1.54) is 17.0 Å². The molecule has 1 aromatic rings. The first-order valence-electron chi connectivity index (χ1n) is 7.76. The number of carbonyl (C=O) groups excluding carboxylic acids is 1. The van der Waals surface area contributed by atoms with E-state index in [1.807, 2.05) is 6.92 Å². The summed E-state index contributed by atoms with van der Waals surface area (Å²) in [7, 11) is 0. The summed E-state index contributed by atoms with van der Waals surface area (Å²) in [5, 5.41) is 11.8. The molecule has 2 N–H and O–H groups in total. The minimum atomic E-state index is -2.68. The third-order valence-corrected chi connectivity index (χ3v) is 4.16. The SMILES string of the molecule is CC1CC(C(=O)O)CN(C(=O)Nc2cccc(Cl)c2OCC(F)F)C1. The maximum Gasteiger partial charge on any atom is 0.321 e. The Kier molecular flexibility index (Phi) is 6.41. The van der Waals surface area contributed by atoms with Crippen LogP contribution in [-0.4, -0.2) is 48.1 Å². The Morgan fingerprint density at radius 3 is 2.80 bits per heavy atom. The zero-order chi connectivity index (χ0) is 18.6. The summed E-state index contributed by atoms with van der Waals surface area (Å²) in [4.78, 5) is 25.1. The number of carboxylic acid groups (broad SMARTS) is 1. The lowest BCUT2D eigenvalue weighted by atomic mass is 9.91. The van der Waals surface area contributed by atoms with Crippen LogP contribution in [-0.2, 0) is 4.79 Å². The number of carbonyl (C=O) groups is 2. The molecule has 1 aliphatic heterocycles. The summed E-state index contributed by atoms with van der Waals surface area (Å²) in [6.45, 7) is 1.50. The van der Waals surface area contributed by atoms with Gasteiger partial charge in [-0.2, -0.15) is 0 Å². The molecule has 1 aliphatic rings. The van der Waals surface area contributed by atoms with Crippen LogP contribution < -0.4 is 10.1 Å². The highest BCUT2D eigenvalue weighted by Crippen LogP contribution is 2.33. The molecular weight excluding hydrogens is 358 g/mol. The summed E-state index contributed by atoms with van der Waals surface area (Å²) < 4.78 is 29.7. The highest BCUT2D eigenvalue weighted by Gasteiger charge is 2.32. The van der Waals surface area contributed by atoms with Crippen LogP contribution in [0.25, 0.3) is 0 Å². The second-order valence-electron chi connectivity index (χ2n) is 6.03. The summed E-state index contributed by atoms with van der Waals surface area (Å²) >= 11 is 5.96. The van der Waals surface area contributed by atoms with Gasteiger partial charge in [-0.15, -0.1) is 0 Å². The minimum Gasteiger partial charge on any atom is -0.484 e. The van der Waals surface area contributed by atoms with Gasteiger partial charge >= 0.3 is 12.0 Å². The van der Waals surface area contributed by atoms with E-state index in [2.05, 4.69) is 5.32 Å². The largest absolute Gasteiger partial charge is 0.484 e. The predicted molar refractivity (Wildman–Crippen MR) is 88.4 cm³/mol. The van der Waals surface area contributed by atoms with Crippen LogP contribution in [0, 0.1) is 11.8 Å². The predicted octanol–water partition coefficient (Wildman–Crippen LogP) is 3.56. The van der Waals surface area contributed by atoms with E-state index in [1.54, 1.807) is 6.07 Å². The number of amides is 2. The topological polar surface area (TPSA) is 78.9 Å². The maximum absolute atomic E-state index is 12.5. The molecule has 9 heteroatoms. The van der Waals surface area contributed by atoms with Gasteiger partial charge in [0.15, 0.2) is 5.75 Å². The van der Waals surface area contributed by atoms with Gasteiger partial charge in [0.05, 0.1) is 16.6 Å². The van der Waals surface area contributed by atoms with Crippen LogP contribution in [0.3, 0.4) is 0 Å². The number of alkyl halides is 2. The number of benzene rings is 1. The van der Waals surface area contributed by atoms with Crippen molar-refractivity contribution in [2.45, 2.75) is 19.8 Å². The molecule has 1 aromatic carbocycles. The van der Waals surface area contributed by atoms with Crippen molar-refractivity contribution in [3.63, 3.8) is 0 Å². The normalized spacial score (nSPS) is 20.4. The molecule has 1 heterocycles. The molecular formula is C16H19ClF2N2O4. The molecule has 0 aromatic heterocycles. The Bertz CT molecular complexity index is 645. The van der Waals surface area contributed by atoms with Crippen molar-refractivity contribution in [3.05, 3.63) is 23.2 Å². The molecule has 0 bridgehead atoms. The standard InChI is InChI=1S/C16H19ClF2N2O4/c1-9-5-10(15(22)23)7-21(6-9)16(24)20-12-4-2-3-11(17)14(12)25-8-13(18)19/h2-4,9-10,13H,5-8H2,1H3,(H,20,24)(H,22,23). The highest BCUT2D eigenvalue weighted by molar-refractivity contribution is 6.32. The molecule has 25 heavy (non-hydrogen) atoms. The number of piperidine rings is 1. The van der Waals surface area contributed by atoms with Gasteiger partial charge in [-0.25, -0.2) is 13.6 Å². The molecule has 2 rings (SSSR count). The van der Waals surface area contributed by atoms with E-state index >= 15 is 0 Å². The summed E-state index contributed by atoms with van der Waals surface area (Å²) in [6, 6.07) is 3.96. The highest BCUT2D eigenvalue weighted by atomic mass is 35.5. The van der Waals surface area contributed by atoms with Crippen molar-refractivity contribution < 1.29 is 28.2 Å². The fraction of sp³-hybridized carbons (Fsp3) is 0.500. The van der Waals surface area contributed by atoms with Crippen molar-refractivity contribution in [1.82, 2.24) is 4.90 Å². The maximum atomic E-state index is 12.5. The fourth-order valence-electron chi connectivity index (χ4n) is 2.79. The number of urea groups is 1. The Balaban J connectivity index is 2.12. The molecule has 138 valence electrons. The molecule has 1 fully saturated rings. The average molecular weight is 377 g/mol. The van der Waals surface area contributed by atoms with E-state index in [9.17, 15) is 23.5 Å². The number of carboxylic acids is 1. The number of nitrogens with zero attached hydrogens (tertiary/aromatic N) is 1. The first kappa shape index (κ1) is 19.2. The molecule has 0 spiro atoms. The van der Waals surface area contributed by atoms with Gasteiger partial charge in [-0.1, -0.05) is 24.6 Å². The zero-order valence-corrected chi connectivity index (χ0v) is 14.3. The van der Waals surface area contributed by atoms with E-state index in [4.69, 9.17) is 16.3 Å². The lowest BCUT2D eigenvalue weighted by Crippen LogP contribution is -2.47. The van der Waals surface area contributed by atoms with Crippen molar-refractivity contribution in [1.29, 1.82) is 0 Å². The van der Waals surface area contributed by atoms with Crippen LogP contribution in [0.1, 0.15) is 13.3 Å². The first-order valence-corrected chi connectivity index (χ1v) is 8.14. The van der Waals surface area contributed by atoms with Gasteiger partial charge in [0.2, 0.25) is 0 Å². The second-order valence-corrected chi connectivity index (χ2v) is 6.44. The molecule has 1 saturated heterocycles. The van der Waals surface area contributed by atoms with Crippen molar-refractivity contribution in [2.24, 2.45) is 11.8 Å². The van der Waals surface area contributed by atoms with Crippen molar-refractivity contribution in [3.8, 4) is 5.75 Å². The molecule has 2 amide bonds. The van der Waals surface area contributed by atoms with E-state index < -0.39 is 31.0 Å². The van der Waals surface area contributed by atoms with Crippen LogP contribution >= 0.6 is 11.6 Å². The number of ether oxygens (including phenoxy) is 1. The van der Waals surface area contributed by atoms with Crippen molar-refractivity contribution in [2.75, 3.05) is 25.0 Å². The third-order valence-electron chi connectivity index (χ3n) is 3.86. The number of aliphatic carboxylic acids is 1. The lowest BCUT2D eigenvalue weighted by molar-refractivity contribution is -0.143. The monoisotopic (exact) mass is 376 g/mol. The average Bonchev–Trinajstić information content (AvgIpc) is 2.53. The lowest BCUT2D eigenvalue weighted by Gasteiger charge is -2.34. The Morgan fingerprint density at radius 1 is 1.44 bits per heavy atom. The molecule has 0 aliphatic carbocycles. The first-order chi connectivity index (χ1) is 11.8. The van der Waals surface area contributed by atoms with Gasteiger partial charge in [-0.3, -0.25) is 4.79 Å². The number of anilines is 1. The number of rotatable bonds is 5. The Morgan fingerprint density at radius 2 is 2.16 bits per heavy atom. The Labute approximate surface area is 148 Å². The number of para-hydroxylation sites is 1. The van der Waals surface area contributed by atoms with E-state index in [0.29, 0.717) is 13.0 Å². The summed E-state index contributed by atoms with van der Waals surface area (Å²) in [5.41, 5.74) is 0.156. The summed E-state index contributed by atoms with van der Waals surface area (Å²) in [5.74, 6) is -1.59. The van der Waals surface area contributed by atoms with Gasteiger partial charge in [-0.05, 0) is 24.5 Å². The van der Waals surface area contributed by atoms with E-state index in [0.717, 1.165) is 0 Å². The smallest absolute Gasteiger partial charge is 0.321 e. The molecule has 0 radical (unpaired) electrons. The second kappa shape index (κ2) is 8.33. The van der Waals surface area contributed by atoms with Gasteiger partial charge in [0, 0.05) is 13.1 Å². The van der Waals surface area contributed by atoms with E-state index in [-0.39, 0.29) is 28.9 Å². The van der Waals surface area contributed by atoms with Gasteiger partial charge in [0.1, 0.15) is 6.61 Å². The van der Waals surface area contributed by atoms with Crippen LogP contribution in [0.4, 0.5) is 19.3 Å².